The molecule has 10 nitrogen and oxygen atoms in total. The Hall–Kier alpha value is -2.92. The van der Waals surface area contributed by atoms with E-state index in [4.69, 9.17) is 41.8 Å². The Labute approximate surface area is 207 Å². The van der Waals surface area contributed by atoms with Gasteiger partial charge in [0.25, 0.3) is 0 Å². The van der Waals surface area contributed by atoms with Crippen LogP contribution in [-0.4, -0.2) is 49.6 Å². The summed E-state index contributed by atoms with van der Waals surface area (Å²) >= 11 is 6.29. The van der Waals surface area contributed by atoms with Gasteiger partial charge >= 0.3 is 11.7 Å². The molecule has 0 spiro atoms. The molecule has 0 aliphatic carbocycles. The summed E-state index contributed by atoms with van der Waals surface area (Å²) in [6.45, 7) is 5.42. The van der Waals surface area contributed by atoms with E-state index < -0.39 is 17.3 Å². The van der Waals surface area contributed by atoms with Crippen molar-refractivity contribution in [1.82, 2.24) is 9.55 Å². The number of fused-ring (bicyclic) bond motifs is 1. The van der Waals surface area contributed by atoms with Crippen LogP contribution in [0.25, 0.3) is 11.1 Å². The number of aliphatic hydroxyl groups excluding tert-OH is 2. The number of rotatable bonds is 10. The number of aliphatic hydroxyl groups is 2. The molecule has 0 saturated carbocycles. The van der Waals surface area contributed by atoms with Crippen molar-refractivity contribution in [3.05, 3.63) is 57.3 Å². The van der Waals surface area contributed by atoms with Gasteiger partial charge in [-0.25, -0.2) is 4.79 Å². The molecule has 5 N–H and O–H groups in total. The van der Waals surface area contributed by atoms with Crippen molar-refractivity contribution in [2.24, 2.45) is 5.73 Å². The van der Waals surface area contributed by atoms with E-state index >= 15 is 0 Å². The minimum Gasteiger partial charge on any atom is -0.483 e. The van der Waals surface area contributed by atoms with Crippen LogP contribution in [0, 0.1) is 6.92 Å². The van der Waals surface area contributed by atoms with Gasteiger partial charge < -0.3 is 30.2 Å². The number of oxazole rings is 1. The van der Waals surface area contributed by atoms with Crippen LogP contribution in [0.3, 0.4) is 0 Å². The highest BCUT2D eigenvalue weighted by Gasteiger charge is 2.21. The Morgan fingerprint density at radius 3 is 2.54 bits per heavy atom. The Kier molecular flexibility index (Phi) is 10.3. The molecule has 0 radical (unpaired) electrons. The zero-order chi connectivity index (χ0) is 26.2. The molecule has 0 bridgehead atoms. The van der Waals surface area contributed by atoms with E-state index in [1.165, 1.54) is 16.7 Å². The van der Waals surface area contributed by atoms with E-state index in [1.807, 2.05) is 39.0 Å². The van der Waals surface area contributed by atoms with Crippen LogP contribution in [0.5, 0.6) is 5.75 Å². The Bertz CT molecular complexity index is 1190. The van der Waals surface area contributed by atoms with E-state index in [0.29, 0.717) is 22.7 Å². The molecule has 3 aromatic rings. The van der Waals surface area contributed by atoms with Gasteiger partial charge in [0.15, 0.2) is 5.58 Å². The highest BCUT2D eigenvalue weighted by molar-refractivity contribution is 6.32. The number of aromatic nitrogens is 2. The van der Waals surface area contributed by atoms with Gasteiger partial charge in [0.1, 0.15) is 11.9 Å². The first-order chi connectivity index (χ1) is 16.5. The monoisotopic (exact) mass is 509 g/mol. The second-order valence-electron chi connectivity index (χ2n) is 8.31. The van der Waals surface area contributed by atoms with Crippen molar-refractivity contribution in [2.75, 3.05) is 13.2 Å². The molecule has 0 saturated heterocycles. The second kappa shape index (κ2) is 12.7. The molecular formula is C24H32ClN3O7. The number of ether oxygens (including phenoxy) is 1. The van der Waals surface area contributed by atoms with Gasteiger partial charge in [-0.15, -0.1) is 0 Å². The first-order valence-corrected chi connectivity index (χ1v) is 11.6. The quantitative estimate of drug-likeness (QED) is 0.322. The number of nitrogens with zero attached hydrogens (tertiary/aromatic N) is 2. The molecule has 192 valence electrons. The zero-order valence-electron chi connectivity index (χ0n) is 20.0. The summed E-state index contributed by atoms with van der Waals surface area (Å²) in [6, 6.07) is 8.71. The maximum absolute atomic E-state index is 12.0. The third-order valence-electron chi connectivity index (χ3n) is 5.28. The van der Waals surface area contributed by atoms with Crippen LogP contribution in [0.2, 0.25) is 5.02 Å². The average molecular weight is 510 g/mol. The average Bonchev–Trinajstić information content (AvgIpc) is 3.12. The van der Waals surface area contributed by atoms with Gasteiger partial charge in [-0.3, -0.25) is 14.3 Å². The minimum atomic E-state index is -1.00. The lowest BCUT2D eigenvalue weighted by atomic mass is 9.98. The molecule has 2 heterocycles. The summed E-state index contributed by atoms with van der Waals surface area (Å²) in [5.41, 5.74) is 7.09. The number of carboxylic acid groups (broad SMARTS) is 1. The van der Waals surface area contributed by atoms with Gasteiger partial charge in [0.05, 0.1) is 41.4 Å². The lowest BCUT2D eigenvalue weighted by Gasteiger charge is -2.23. The van der Waals surface area contributed by atoms with Gasteiger partial charge in [-0.05, 0) is 38.5 Å². The largest absolute Gasteiger partial charge is 0.483 e. The second-order valence-corrected chi connectivity index (χ2v) is 8.71. The molecule has 0 fully saturated rings. The van der Waals surface area contributed by atoms with Gasteiger partial charge in [-0.1, -0.05) is 31.0 Å². The number of aliphatic carboxylic acids is 1. The molecule has 0 amide bonds. The predicted molar refractivity (Wildman–Crippen MR) is 132 cm³/mol. The van der Waals surface area contributed by atoms with Crippen LogP contribution in [-0.2, 0) is 11.3 Å². The number of aryl methyl sites for hydroxylation is 2. The number of nitrogens with two attached hydrogens (primary N) is 1. The number of hydrogen-bond acceptors (Lipinski definition) is 8. The molecule has 0 aliphatic rings. The number of hydrogen-bond donors (Lipinski definition) is 4. The molecule has 1 aromatic carbocycles. The van der Waals surface area contributed by atoms with E-state index in [-0.39, 0.29) is 37.9 Å². The summed E-state index contributed by atoms with van der Waals surface area (Å²) in [5.74, 6) is -1.28. The van der Waals surface area contributed by atoms with Crippen molar-refractivity contribution in [3.63, 3.8) is 0 Å². The van der Waals surface area contributed by atoms with Crippen LogP contribution < -0.4 is 16.2 Å². The van der Waals surface area contributed by atoms with E-state index in [1.54, 1.807) is 0 Å². The van der Waals surface area contributed by atoms with E-state index in [0.717, 1.165) is 17.8 Å². The van der Waals surface area contributed by atoms with Gasteiger partial charge in [0.2, 0.25) is 0 Å². The summed E-state index contributed by atoms with van der Waals surface area (Å²) in [6.07, 6.45) is 1.00. The molecule has 3 rings (SSSR count). The highest BCUT2D eigenvalue weighted by Crippen LogP contribution is 2.33. The van der Waals surface area contributed by atoms with Gasteiger partial charge in [-0.2, -0.15) is 0 Å². The van der Waals surface area contributed by atoms with E-state index in [2.05, 4.69) is 4.98 Å². The molecule has 2 aromatic heterocycles. The normalized spacial score (nSPS) is 12.2. The first kappa shape index (κ1) is 28.3. The van der Waals surface area contributed by atoms with Crippen molar-refractivity contribution in [1.29, 1.82) is 0 Å². The number of halogens is 1. The van der Waals surface area contributed by atoms with Crippen molar-refractivity contribution in [2.45, 2.75) is 58.2 Å². The molecule has 1 atom stereocenters. The molecular weight excluding hydrogens is 478 g/mol. The van der Waals surface area contributed by atoms with Crippen molar-refractivity contribution in [3.8, 4) is 5.75 Å². The Balaban J connectivity index is 0.000000410. The smallest absolute Gasteiger partial charge is 0.419 e. The lowest BCUT2D eigenvalue weighted by molar-refractivity contribution is -0.137. The van der Waals surface area contributed by atoms with Crippen LogP contribution in [0.15, 0.2) is 39.5 Å². The Morgan fingerprint density at radius 1 is 1.31 bits per heavy atom. The number of carboxylic acids is 1. The predicted octanol–water partition coefficient (Wildman–Crippen LogP) is 3.03. The van der Waals surface area contributed by atoms with Crippen LogP contribution >= 0.6 is 11.6 Å². The molecule has 0 aliphatic heterocycles. The van der Waals surface area contributed by atoms with Crippen LogP contribution in [0.4, 0.5) is 0 Å². The standard InChI is InChI=1S/C18H17ClN2O5.C6H15NO2/c1-10-4-3-5-13(20-10)11(2)25-15-9-16-14(8-12(15)19)21(18(24)26-16)7-6-17(22)23;1-2-3-6(7,4-8)5-9/h3-5,8-9,11H,6-7H2,1-2H3,(H,22,23);8-9H,2-5,7H2,1H3/t11-;/m1./s1. The summed E-state index contributed by atoms with van der Waals surface area (Å²) < 4.78 is 12.3. The molecule has 0 unspecified atom stereocenters. The summed E-state index contributed by atoms with van der Waals surface area (Å²) in [7, 11) is 0. The minimum absolute atomic E-state index is 0.00130. The topological polar surface area (TPSA) is 161 Å². The fraction of sp³-hybridized carbons (Fsp3) is 0.458. The first-order valence-electron chi connectivity index (χ1n) is 11.2. The van der Waals surface area contributed by atoms with E-state index in [9.17, 15) is 9.59 Å². The maximum Gasteiger partial charge on any atom is 0.419 e. The fourth-order valence-corrected chi connectivity index (χ4v) is 3.52. The van der Waals surface area contributed by atoms with Crippen molar-refractivity contribution >= 4 is 28.7 Å². The number of carbonyl (C=O) groups is 1. The molecule has 11 heteroatoms. The highest BCUT2D eigenvalue weighted by atomic mass is 35.5. The summed E-state index contributed by atoms with van der Waals surface area (Å²) in [4.78, 5) is 27.1. The third kappa shape index (κ3) is 7.79. The number of pyridine rings is 1. The maximum atomic E-state index is 12.0. The zero-order valence-corrected chi connectivity index (χ0v) is 20.8. The number of benzene rings is 1. The SMILES string of the molecule is CCCC(N)(CO)CO.Cc1cccc([C@@H](C)Oc2cc3oc(=O)n(CCC(=O)O)c3cc2Cl)n1. The fourth-order valence-electron chi connectivity index (χ4n) is 3.32. The third-order valence-corrected chi connectivity index (χ3v) is 5.57. The lowest BCUT2D eigenvalue weighted by Crippen LogP contribution is -2.47. The Morgan fingerprint density at radius 2 is 2.00 bits per heavy atom. The van der Waals surface area contributed by atoms with Crippen molar-refractivity contribution < 1.29 is 29.3 Å². The van der Waals surface area contributed by atoms with Crippen LogP contribution in [0.1, 0.15) is 50.6 Å². The summed E-state index contributed by atoms with van der Waals surface area (Å²) in [5, 5.41) is 26.4. The van der Waals surface area contributed by atoms with Gasteiger partial charge in [0, 0.05) is 18.3 Å². The molecule has 35 heavy (non-hydrogen) atoms.